The lowest BCUT2D eigenvalue weighted by atomic mass is 10.2. The van der Waals surface area contributed by atoms with E-state index in [0.29, 0.717) is 30.5 Å². The number of carbonyl (C=O) groups excluding carboxylic acids is 2. The first-order valence-corrected chi connectivity index (χ1v) is 11.4. The van der Waals surface area contributed by atoms with Crippen molar-refractivity contribution in [1.29, 1.82) is 0 Å². The molecule has 0 aliphatic carbocycles. The molecule has 172 valence electrons. The highest BCUT2D eigenvalue weighted by Gasteiger charge is 2.17. The lowest BCUT2D eigenvalue weighted by Crippen LogP contribution is -2.35. The molecule has 0 bridgehead atoms. The molecule has 0 fully saturated rings. The lowest BCUT2D eigenvalue weighted by Gasteiger charge is -2.23. The van der Waals surface area contributed by atoms with Crippen LogP contribution in [0.3, 0.4) is 0 Å². The standard InChI is InChI=1S/C25H27FN4O2S/c1-19(31)30(23-7-5-4-6-8-23)25-27-22(18-33-25)13-14-24(32)29(16-15-28(2)3)17-20-9-11-21(26)12-10-20/h4-14,18H,15-17H2,1-3H3/b14-13+. The zero-order valence-corrected chi connectivity index (χ0v) is 19.8. The maximum atomic E-state index is 13.2. The minimum absolute atomic E-state index is 0.142. The average molecular weight is 467 g/mol. The van der Waals surface area contributed by atoms with Gasteiger partial charge in [-0.1, -0.05) is 30.3 Å². The largest absolute Gasteiger partial charge is 0.334 e. The molecule has 3 aromatic rings. The van der Waals surface area contributed by atoms with Crippen LogP contribution in [0.15, 0.2) is 66.1 Å². The van der Waals surface area contributed by atoms with Crippen LogP contribution in [0.25, 0.3) is 6.08 Å². The third-order valence-corrected chi connectivity index (χ3v) is 5.69. The Labute approximate surface area is 197 Å². The van der Waals surface area contributed by atoms with Crippen molar-refractivity contribution in [2.75, 3.05) is 32.1 Å². The first kappa shape index (κ1) is 24.3. The molecule has 0 unspecified atom stereocenters. The first-order valence-electron chi connectivity index (χ1n) is 10.5. The fraction of sp³-hybridized carbons (Fsp3) is 0.240. The number of halogens is 1. The smallest absolute Gasteiger partial charge is 0.246 e. The highest BCUT2D eigenvalue weighted by atomic mass is 32.1. The molecule has 1 heterocycles. The van der Waals surface area contributed by atoms with Crippen molar-refractivity contribution in [2.24, 2.45) is 0 Å². The van der Waals surface area contributed by atoms with E-state index in [1.54, 1.807) is 28.0 Å². The molecule has 0 radical (unpaired) electrons. The summed E-state index contributed by atoms with van der Waals surface area (Å²) in [6.07, 6.45) is 3.14. The molecule has 0 N–H and O–H groups in total. The summed E-state index contributed by atoms with van der Waals surface area (Å²) in [6, 6.07) is 15.5. The summed E-state index contributed by atoms with van der Waals surface area (Å²) < 4.78 is 13.2. The Kier molecular flexibility index (Phi) is 8.46. The van der Waals surface area contributed by atoms with Gasteiger partial charge in [0.05, 0.1) is 11.4 Å². The van der Waals surface area contributed by atoms with Crippen molar-refractivity contribution >= 4 is 40.0 Å². The van der Waals surface area contributed by atoms with Crippen molar-refractivity contribution in [1.82, 2.24) is 14.8 Å². The van der Waals surface area contributed by atoms with Crippen LogP contribution >= 0.6 is 11.3 Å². The summed E-state index contributed by atoms with van der Waals surface area (Å²) >= 11 is 1.33. The van der Waals surface area contributed by atoms with Gasteiger partial charge < -0.3 is 9.80 Å². The summed E-state index contributed by atoms with van der Waals surface area (Å²) in [4.78, 5) is 34.9. The van der Waals surface area contributed by atoms with E-state index in [4.69, 9.17) is 0 Å². The number of para-hydroxylation sites is 1. The van der Waals surface area contributed by atoms with Gasteiger partial charge in [-0.05, 0) is 50.0 Å². The quantitative estimate of drug-likeness (QED) is 0.434. The number of amides is 2. The highest BCUT2D eigenvalue weighted by Crippen LogP contribution is 2.29. The summed E-state index contributed by atoms with van der Waals surface area (Å²) in [6.45, 7) is 3.10. The van der Waals surface area contributed by atoms with Gasteiger partial charge in [0.2, 0.25) is 11.8 Å². The number of hydrogen-bond acceptors (Lipinski definition) is 5. The van der Waals surface area contributed by atoms with E-state index in [1.807, 2.05) is 54.7 Å². The number of rotatable bonds is 9. The molecule has 2 aromatic carbocycles. The molecule has 0 aliphatic rings. The number of carbonyl (C=O) groups is 2. The summed E-state index contributed by atoms with van der Waals surface area (Å²) in [5.41, 5.74) is 2.19. The van der Waals surface area contributed by atoms with Crippen molar-refractivity contribution < 1.29 is 14.0 Å². The van der Waals surface area contributed by atoms with Crippen molar-refractivity contribution in [3.63, 3.8) is 0 Å². The fourth-order valence-electron chi connectivity index (χ4n) is 3.12. The van der Waals surface area contributed by atoms with Crippen LogP contribution in [0, 0.1) is 5.82 Å². The predicted octanol–water partition coefficient (Wildman–Crippen LogP) is 4.57. The summed E-state index contributed by atoms with van der Waals surface area (Å²) in [5, 5.41) is 2.35. The molecule has 33 heavy (non-hydrogen) atoms. The Morgan fingerprint density at radius 3 is 2.36 bits per heavy atom. The van der Waals surface area contributed by atoms with Crippen LogP contribution < -0.4 is 4.90 Å². The van der Waals surface area contributed by atoms with Crippen LogP contribution in [0.1, 0.15) is 18.2 Å². The molecule has 3 rings (SSSR count). The van der Waals surface area contributed by atoms with Crippen molar-refractivity contribution in [2.45, 2.75) is 13.5 Å². The van der Waals surface area contributed by atoms with E-state index in [2.05, 4.69) is 4.98 Å². The number of hydrogen-bond donors (Lipinski definition) is 0. The third kappa shape index (κ3) is 7.06. The van der Waals surface area contributed by atoms with E-state index in [-0.39, 0.29) is 17.6 Å². The molecule has 0 atom stereocenters. The number of benzene rings is 2. The van der Waals surface area contributed by atoms with Crippen LogP contribution in [-0.2, 0) is 16.1 Å². The molecule has 0 aliphatic heterocycles. The van der Waals surface area contributed by atoms with E-state index >= 15 is 0 Å². The zero-order chi connectivity index (χ0) is 23.8. The second-order valence-corrected chi connectivity index (χ2v) is 8.60. The van der Waals surface area contributed by atoms with E-state index < -0.39 is 0 Å². The normalized spacial score (nSPS) is 11.2. The van der Waals surface area contributed by atoms with Gasteiger partial charge in [-0.2, -0.15) is 0 Å². The summed E-state index contributed by atoms with van der Waals surface area (Å²) in [7, 11) is 3.89. The van der Waals surface area contributed by atoms with Crippen LogP contribution in [0.4, 0.5) is 15.2 Å². The maximum absolute atomic E-state index is 13.2. The molecule has 6 nitrogen and oxygen atoms in total. The van der Waals surface area contributed by atoms with Gasteiger partial charge in [-0.15, -0.1) is 11.3 Å². The Balaban J connectivity index is 1.74. The molecule has 0 spiro atoms. The highest BCUT2D eigenvalue weighted by molar-refractivity contribution is 7.14. The molecule has 1 aromatic heterocycles. The second-order valence-electron chi connectivity index (χ2n) is 7.77. The Morgan fingerprint density at radius 1 is 1.03 bits per heavy atom. The monoisotopic (exact) mass is 466 g/mol. The molecular formula is C25H27FN4O2S. The van der Waals surface area contributed by atoms with Crippen LogP contribution in [0.2, 0.25) is 0 Å². The fourth-order valence-corrected chi connectivity index (χ4v) is 3.97. The predicted molar refractivity (Wildman–Crippen MR) is 131 cm³/mol. The van der Waals surface area contributed by atoms with Crippen molar-refractivity contribution in [3.8, 4) is 0 Å². The number of likely N-dealkylation sites (N-methyl/N-ethyl adjacent to an activating group) is 1. The third-order valence-electron chi connectivity index (χ3n) is 4.84. The number of thiazole rings is 1. The van der Waals surface area contributed by atoms with Crippen LogP contribution in [-0.4, -0.2) is 53.8 Å². The lowest BCUT2D eigenvalue weighted by molar-refractivity contribution is -0.126. The van der Waals surface area contributed by atoms with Gasteiger partial charge in [0.1, 0.15) is 5.82 Å². The molecule has 0 saturated carbocycles. The molecule has 0 saturated heterocycles. The Bertz CT molecular complexity index is 1100. The van der Waals surface area contributed by atoms with Gasteiger partial charge in [-0.3, -0.25) is 14.5 Å². The average Bonchev–Trinajstić information content (AvgIpc) is 3.25. The van der Waals surface area contributed by atoms with Gasteiger partial charge in [-0.25, -0.2) is 9.37 Å². The minimum Gasteiger partial charge on any atom is -0.334 e. The maximum Gasteiger partial charge on any atom is 0.246 e. The Hall–Kier alpha value is -3.36. The van der Waals surface area contributed by atoms with Gasteiger partial charge in [0, 0.05) is 38.0 Å². The number of anilines is 2. The molecule has 2 amide bonds. The SMILES string of the molecule is CC(=O)N(c1ccccc1)c1nc(/C=C/C(=O)N(CCN(C)C)Cc2ccc(F)cc2)cs1. The van der Waals surface area contributed by atoms with E-state index in [1.165, 1.54) is 36.5 Å². The zero-order valence-electron chi connectivity index (χ0n) is 18.9. The van der Waals surface area contributed by atoms with E-state index in [9.17, 15) is 14.0 Å². The number of nitrogens with zero attached hydrogens (tertiary/aromatic N) is 4. The number of aromatic nitrogens is 1. The molecule has 8 heteroatoms. The molecular weight excluding hydrogens is 439 g/mol. The minimum atomic E-state index is -0.306. The Morgan fingerprint density at radius 2 is 1.73 bits per heavy atom. The van der Waals surface area contributed by atoms with Crippen LogP contribution in [0.5, 0.6) is 0 Å². The summed E-state index contributed by atoms with van der Waals surface area (Å²) in [5.74, 6) is -0.613. The topological polar surface area (TPSA) is 56.8 Å². The van der Waals surface area contributed by atoms with Crippen molar-refractivity contribution in [3.05, 3.63) is 83.1 Å². The van der Waals surface area contributed by atoms with Gasteiger partial charge in [0.15, 0.2) is 5.13 Å². The van der Waals surface area contributed by atoms with Gasteiger partial charge >= 0.3 is 0 Å². The van der Waals surface area contributed by atoms with Gasteiger partial charge in [0.25, 0.3) is 0 Å². The first-order chi connectivity index (χ1) is 15.8. The van der Waals surface area contributed by atoms with E-state index in [0.717, 1.165) is 11.3 Å². The second kappa shape index (κ2) is 11.5.